The average Bonchev–Trinajstić information content (AvgIpc) is 2.87. The second-order valence-electron chi connectivity index (χ2n) is 7.60. The van der Waals surface area contributed by atoms with E-state index in [4.69, 9.17) is 4.74 Å². The number of para-hydroxylation sites is 1. The summed E-state index contributed by atoms with van der Waals surface area (Å²) in [5.41, 5.74) is 2.09. The summed E-state index contributed by atoms with van der Waals surface area (Å²) >= 11 is 1.55. The summed E-state index contributed by atoms with van der Waals surface area (Å²) in [4.78, 5) is 13.7. The zero-order chi connectivity index (χ0) is 24.6. The lowest BCUT2D eigenvalue weighted by Gasteiger charge is -2.20. The summed E-state index contributed by atoms with van der Waals surface area (Å²) in [6.07, 6.45) is 3.52. The Balaban J connectivity index is 1.56. The first-order chi connectivity index (χ1) is 16.4. The Bertz CT molecular complexity index is 1190. The Kier molecular flexibility index (Phi) is 9.01. The quantitative estimate of drug-likeness (QED) is 0.298. The predicted molar refractivity (Wildman–Crippen MR) is 139 cm³/mol. The van der Waals surface area contributed by atoms with Crippen LogP contribution in [0.5, 0.6) is 5.75 Å². The average molecular weight is 499 g/mol. The summed E-state index contributed by atoms with van der Waals surface area (Å²) < 4.78 is 32.7. The number of carbonyl (C=O) groups is 1. The zero-order valence-corrected chi connectivity index (χ0v) is 21.3. The molecule has 0 bridgehead atoms. The van der Waals surface area contributed by atoms with Crippen LogP contribution in [-0.4, -0.2) is 40.8 Å². The number of thioether (sulfide) groups is 1. The van der Waals surface area contributed by atoms with Crippen LogP contribution in [0.25, 0.3) is 0 Å². The second-order valence-corrected chi connectivity index (χ2v) is 10.4. The van der Waals surface area contributed by atoms with Gasteiger partial charge in [0.15, 0.2) is 0 Å². The maximum atomic E-state index is 12.9. The highest BCUT2D eigenvalue weighted by molar-refractivity contribution is 7.98. The molecule has 0 spiro atoms. The molecule has 0 fully saturated rings. The summed E-state index contributed by atoms with van der Waals surface area (Å²) in [6.45, 7) is 3.10. The van der Waals surface area contributed by atoms with Gasteiger partial charge in [-0.15, -0.1) is 11.8 Å². The van der Waals surface area contributed by atoms with Crippen LogP contribution in [0.2, 0.25) is 0 Å². The molecular weight excluding hydrogens is 468 g/mol. The molecule has 6 nitrogen and oxygen atoms in total. The van der Waals surface area contributed by atoms with E-state index >= 15 is 0 Å². The summed E-state index contributed by atoms with van der Waals surface area (Å²) in [6, 6.07) is 21.2. The van der Waals surface area contributed by atoms with Crippen LogP contribution in [-0.2, 0) is 16.4 Å². The van der Waals surface area contributed by atoms with Crippen LogP contribution in [0.3, 0.4) is 0 Å². The summed E-state index contributed by atoms with van der Waals surface area (Å²) in [7, 11) is -2.18. The zero-order valence-electron chi connectivity index (χ0n) is 19.7. The molecule has 3 rings (SSSR count). The lowest BCUT2D eigenvalue weighted by molar-refractivity contribution is 0.0953. The molecule has 3 aromatic carbocycles. The third-order valence-electron chi connectivity index (χ3n) is 5.39. The highest BCUT2D eigenvalue weighted by Crippen LogP contribution is 2.24. The standard InChI is InChI=1S/C26H30N2O4S2/c1-4-32-25-10-6-5-8-20(25)9-7-19-27-26(29)21-11-13-22(14-12-21)28(2)34(30,31)24-17-15-23(33-3)16-18-24/h5-6,8,10-18H,4,7,9,19H2,1-3H3,(H,27,29). The third-order valence-corrected chi connectivity index (χ3v) is 7.94. The molecule has 180 valence electrons. The van der Waals surface area contributed by atoms with E-state index in [-0.39, 0.29) is 10.8 Å². The molecule has 0 radical (unpaired) electrons. The Morgan fingerprint density at radius 2 is 1.68 bits per heavy atom. The van der Waals surface area contributed by atoms with Gasteiger partial charge in [0.05, 0.1) is 17.2 Å². The van der Waals surface area contributed by atoms with Crippen molar-refractivity contribution in [3.8, 4) is 5.75 Å². The van der Waals surface area contributed by atoms with Crippen LogP contribution in [0.4, 0.5) is 5.69 Å². The van der Waals surface area contributed by atoms with Crippen molar-refractivity contribution in [1.29, 1.82) is 0 Å². The molecule has 34 heavy (non-hydrogen) atoms. The van der Waals surface area contributed by atoms with E-state index in [2.05, 4.69) is 5.32 Å². The van der Waals surface area contributed by atoms with Crippen molar-refractivity contribution < 1.29 is 17.9 Å². The van der Waals surface area contributed by atoms with E-state index in [0.717, 1.165) is 29.1 Å². The molecule has 0 saturated carbocycles. The van der Waals surface area contributed by atoms with Gasteiger partial charge in [-0.3, -0.25) is 9.10 Å². The minimum atomic E-state index is -3.69. The number of aryl methyl sites for hydroxylation is 1. The SMILES string of the molecule is CCOc1ccccc1CCCNC(=O)c1ccc(N(C)S(=O)(=O)c2ccc(SC)cc2)cc1. The van der Waals surface area contributed by atoms with Gasteiger partial charge in [0.25, 0.3) is 15.9 Å². The van der Waals surface area contributed by atoms with Crippen molar-refractivity contribution in [3.63, 3.8) is 0 Å². The first kappa shape index (κ1) is 25.6. The molecule has 0 aliphatic carbocycles. The number of sulfonamides is 1. The number of anilines is 1. The highest BCUT2D eigenvalue weighted by atomic mass is 32.2. The fourth-order valence-electron chi connectivity index (χ4n) is 3.46. The normalized spacial score (nSPS) is 11.1. The molecule has 0 aliphatic heterocycles. The largest absolute Gasteiger partial charge is 0.494 e. The van der Waals surface area contributed by atoms with Crippen molar-refractivity contribution in [2.45, 2.75) is 29.6 Å². The van der Waals surface area contributed by atoms with Gasteiger partial charge < -0.3 is 10.1 Å². The number of carbonyl (C=O) groups excluding carboxylic acids is 1. The number of hydrogen-bond donors (Lipinski definition) is 1. The number of benzene rings is 3. The van der Waals surface area contributed by atoms with Gasteiger partial charge in [0.1, 0.15) is 5.75 Å². The lowest BCUT2D eigenvalue weighted by Crippen LogP contribution is -2.27. The van der Waals surface area contributed by atoms with E-state index in [0.29, 0.717) is 24.4 Å². The molecule has 0 saturated heterocycles. The van der Waals surface area contributed by atoms with Gasteiger partial charge >= 0.3 is 0 Å². The van der Waals surface area contributed by atoms with Gasteiger partial charge in [0.2, 0.25) is 0 Å². The topological polar surface area (TPSA) is 75.7 Å². The van der Waals surface area contributed by atoms with Crippen molar-refractivity contribution in [2.24, 2.45) is 0 Å². The fraction of sp³-hybridized carbons (Fsp3) is 0.269. The number of nitrogens with one attached hydrogen (secondary N) is 1. The van der Waals surface area contributed by atoms with E-state index in [1.165, 1.54) is 11.4 Å². The number of nitrogens with zero attached hydrogens (tertiary/aromatic N) is 1. The monoisotopic (exact) mass is 498 g/mol. The van der Waals surface area contributed by atoms with Crippen LogP contribution in [0.1, 0.15) is 29.3 Å². The van der Waals surface area contributed by atoms with E-state index in [9.17, 15) is 13.2 Å². The molecule has 0 unspecified atom stereocenters. The summed E-state index contributed by atoms with van der Waals surface area (Å²) in [5.74, 6) is 0.689. The van der Waals surface area contributed by atoms with Crippen LogP contribution in [0, 0.1) is 0 Å². The smallest absolute Gasteiger partial charge is 0.264 e. The van der Waals surface area contributed by atoms with Gasteiger partial charge in [-0.2, -0.15) is 0 Å². The molecule has 8 heteroatoms. The van der Waals surface area contributed by atoms with Crippen LogP contribution >= 0.6 is 11.8 Å². The number of amides is 1. The molecular formula is C26H30N2O4S2. The Morgan fingerprint density at radius 1 is 1.00 bits per heavy atom. The van der Waals surface area contributed by atoms with Gasteiger partial charge in [-0.25, -0.2) is 8.42 Å². The number of ether oxygens (including phenoxy) is 1. The molecule has 0 aromatic heterocycles. The fourth-order valence-corrected chi connectivity index (χ4v) is 5.06. The molecule has 0 aliphatic rings. The van der Waals surface area contributed by atoms with Gasteiger partial charge in [0, 0.05) is 24.1 Å². The third kappa shape index (κ3) is 6.33. The first-order valence-corrected chi connectivity index (χ1v) is 13.7. The van der Waals surface area contributed by atoms with Gasteiger partial charge in [-0.05, 0) is 86.2 Å². The van der Waals surface area contributed by atoms with Crippen LogP contribution < -0.4 is 14.4 Å². The second kappa shape index (κ2) is 11.9. The summed E-state index contributed by atoms with van der Waals surface area (Å²) in [5, 5.41) is 2.92. The minimum Gasteiger partial charge on any atom is -0.494 e. The molecule has 0 atom stereocenters. The first-order valence-electron chi connectivity index (χ1n) is 11.1. The highest BCUT2D eigenvalue weighted by Gasteiger charge is 2.21. The number of hydrogen-bond acceptors (Lipinski definition) is 5. The molecule has 1 amide bonds. The molecule has 0 heterocycles. The van der Waals surface area contributed by atoms with Crippen molar-refractivity contribution in [2.75, 3.05) is 30.8 Å². The Morgan fingerprint density at radius 3 is 2.32 bits per heavy atom. The van der Waals surface area contributed by atoms with E-state index in [1.807, 2.05) is 37.4 Å². The number of rotatable bonds is 11. The van der Waals surface area contributed by atoms with Crippen LogP contribution in [0.15, 0.2) is 82.6 Å². The van der Waals surface area contributed by atoms with Gasteiger partial charge in [-0.1, -0.05) is 18.2 Å². The molecule has 3 aromatic rings. The maximum Gasteiger partial charge on any atom is 0.264 e. The van der Waals surface area contributed by atoms with E-state index < -0.39 is 10.0 Å². The Labute approximate surface area is 206 Å². The van der Waals surface area contributed by atoms with E-state index in [1.54, 1.807) is 60.3 Å². The lowest BCUT2D eigenvalue weighted by atomic mass is 10.1. The van der Waals surface area contributed by atoms with Crippen molar-refractivity contribution in [1.82, 2.24) is 5.32 Å². The maximum absolute atomic E-state index is 12.9. The Hall–Kier alpha value is -2.97. The van der Waals surface area contributed by atoms with Crippen molar-refractivity contribution in [3.05, 3.63) is 83.9 Å². The minimum absolute atomic E-state index is 0.192. The van der Waals surface area contributed by atoms with Crippen molar-refractivity contribution >= 4 is 33.4 Å². The molecule has 1 N–H and O–H groups in total. The predicted octanol–water partition coefficient (Wildman–Crippen LogP) is 4.99.